The number of hydrogen-bond acceptors (Lipinski definition) is 8. The Hall–Kier alpha value is -2.97. The lowest BCUT2D eigenvalue weighted by atomic mass is 9.73. The van der Waals surface area contributed by atoms with Gasteiger partial charge in [0, 0.05) is 36.3 Å². The topological polar surface area (TPSA) is 197 Å². The summed E-state index contributed by atoms with van der Waals surface area (Å²) in [6.07, 6.45) is 21.1. The zero-order valence-electron chi connectivity index (χ0n) is 39.4. The van der Waals surface area contributed by atoms with Crippen LogP contribution in [0.25, 0.3) is 0 Å². The SMILES string of the molecule is C=C[C@@H](N)CCC(=C)NS(=O)(=O)C1CC1.CC(C)(C)C(NC=O)C(=O)N[C@H](C(=O)N1CC2(C[C@H]1C(N)=O)C(C)(C)C21CCC1)C1CCCCC1.CC1(C)CCCN(C2CCC2)C1. The number of amides is 4. The van der Waals surface area contributed by atoms with E-state index in [4.69, 9.17) is 11.5 Å². The number of primary amides is 1. The number of likely N-dealkylation sites (tertiary alicyclic amines) is 2. The first-order chi connectivity index (χ1) is 29.0. The van der Waals surface area contributed by atoms with Crippen LogP contribution in [0, 0.1) is 33.0 Å². The fourth-order valence-corrected chi connectivity index (χ4v) is 13.3. The third-order valence-electron chi connectivity index (χ3n) is 16.3. The van der Waals surface area contributed by atoms with Gasteiger partial charge in [0.15, 0.2) is 0 Å². The number of hydrogen-bond donors (Lipinski definition) is 5. The molecule has 2 saturated heterocycles. The molecule has 7 rings (SSSR count). The minimum atomic E-state index is -3.16. The Bertz CT molecular complexity index is 1740. The third kappa shape index (κ3) is 10.9. The Kier molecular flexibility index (Phi) is 15.9. The molecule has 7 fully saturated rings. The number of piperidine rings is 1. The highest BCUT2D eigenvalue weighted by atomic mass is 32.2. The number of nitrogens with two attached hydrogens (primary N) is 2. The molecule has 4 amide bonds. The number of nitrogens with one attached hydrogen (secondary N) is 3. The van der Waals surface area contributed by atoms with Crippen molar-refractivity contribution in [3.05, 3.63) is 24.9 Å². The van der Waals surface area contributed by atoms with Gasteiger partial charge in [-0.25, -0.2) is 8.42 Å². The van der Waals surface area contributed by atoms with E-state index in [0.717, 1.165) is 63.8 Å². The predicted octanol–water partition coefficient (Wildman–Crippen LogP) is 6.03. The third-order valence-corrected chi connectivity index (χ3v) is 18.2. The van der Waals surface area contributed by atoms with Gasteiger partial charge in [-0.1, -0.05) is 93.2 Å². The fourth-order valence-electron chi connectivity index (χ4n) is 11.8. The number of allylic oxidation sites excluding steroid dienone is 1. The summed E-state index contributed by atoms with van der Waals surface area (Å²) >= 11 is 0. The van der Waals surface area contributed by atoms with E-state index < -0.39 is 39.5 Å². The normalized spacial score (nSPS) is 27.9. The minimum absolute atomic E-state index is 0.00648. The molecule has 7 N–H and O–H groups in total. The Morgan fingerprint density at radius 2 is 1.53 bits per heavy atom. The maximum atomic E-state index is 14.2. The van der Waals surface area contributed by atoms with Crippen LogP contribution in [0.2, 0.25) is 0 Å². The molecule has 5 aliphatic carbocycles. The highest BCUT2D eigenvalue weighted by Crippen LogP contribution is 2.88. The lowest BCUT2D eigenvalue weighted by molar-refractivity contribution is -0.143. The molecule has 0 bridgehead atoms. The highest BCUT2D eigenvalue weighted by Gasteiger charge is 2.85. The molecule has 0 aromatic heterocycles. The molecular weight excluding hydrogens is 803 g/mol. The molecule has 2 spiro atoms. The van der Waals surface area contributed by atoms with Gasteiger partial charge in [0.25, 0.3) is 0 Å². The van der Waals surface area contributed by atoms with Crippen molar-refractivity contribution in [2.24, 2.45) is 44.5 Å². The van der Waals surface area contributed by atoms with Gasteiger partial charge in [-0.3, -0.25) is 28.8 Å². The molecule has 2 heterocycles. The van der Waals surface area contributed by atoms with E-state index in [0.29, 0.717) is 43.3 Å². The summed E-state index contributed by atoms with van der Waals surface area (Å²) in [5.41, 5.74) is 12.2. The van der Waals surface area contributed by atoms with Gasteiger partial charge in [-0.15, -0.1) is 6.58 Å². The van der Waals surface area contributed by atoms with E-state index in [-0.39, 0.29) is 45.3 Å². The van der Waals surface area contributed by atoms with Gasteiger partial charge in [0.2, 0.25) is 34.2 Å². The first-order valence-electron chi connectivity index (χ1n) is 23.9. The number of carbonyl (C=O) groups is 4. The van der Waals surface area contributed by atoms with Gasteiger partial charge >= 0.3 is 0 Å². The van der Waals surface area contributed by atoms with Crippen LogP contribution in [0.4, 0.5) is 0 Å². The van der Waals surface area contributed by atoms with Crippen molar-refractivity contribution in [3.8, 4) is 0 Å². The molecular formula is C48H83N7O6S. The van der Waals surface area contributed by atoms with Crippen LogP contribution in [0.5, 0.6) is 0 Å². The number of nitrogens with zero attached hydrogens (tertiary/aromatic N) is 2. The van der Waals surface area contributed by atoms with Crippen molar-refractivity contribution in [2.45, 2.75) is 200 Å². The Balaban J connectivity index is 0.000000219. The standard InChI is InChI=1S/C27H44N4O4.C11H21N.C10H18N2O2S/c1-24(2,3)20(29-16-32)22(34)30-19(17-10-7-6-8-11-17)23(35)31-15-27(14-18(31)21(28)33)25(4,5)26(27)12-9-13-26;1-11(2)7-4-8-12(9-11)10-5-3-6-10;1-3-9(11)5-4-8(2)12-15(13,14)10-6-7-10/h16-20H,6-15H2,1-5H3,(H2,28,33)(H,29,32)(H,30,34);10H,3-9H2,1-2H3;3,9-10,12H,1-2,4-7,11H2/t18-,19-,20?,27?;;9-/m0.1/s1. The number of sulfonamides is 1. The Labute approximate surface area is 374 Å². The molecule has 5 saturated carbocycles. The van der Waals surface area contributed by atoms with Crippen LogP contribution in [0.3, 0.4) is 0 Å². The molecule has 0 aromatic rings. The number of carbonyl (C=O) groups excluding carboxylic acids is 4. The first-order valence-corrected chi connectivity index (χ1v) is 25.4. The van der Waals surface area contributed by atoms with Crippen LogP contribution in [0.1, 0.15) is 164 Å². The molecule has 5 atom stereocenters. The lowest BCUT2D eigenvalue weighted by Gasteiger charge is -2.45. The summed E-state index contributed by atoms with van der Waals surface area (Å²) in [5, 5.41) is 5.46. The lowest BCUT2D eigenvalue weighted by Crippen LogP contribution is -2.60. The quantitative estimate of drug-likeness (QED) is 0.0971. The zero-order chi connectivity index (χ0) is 45.9. The summed E-state index contributed by atoms with van der Waals surface area (Å²) in [6.45, 7) is 25.5. The zero-order valence-corrected chi connectivity index (χ0v) is 40.2. The van der Waals surface area contributed by atoms with Crippen LogP contribution >= 0.6 is 0 Å². The second kappa shape index (κ2) is 19.6. The van der Waals surface area contributed by atoms with Gasteiger partial charge in [0.05, 0.1) is 5.25 Å². The summed E-state index contributed by atoms with van der Waals surface area (Å²) in [4.78, 5) is 55.8. The highest BCUT2D eigenvalue weighted by molar-refractivity contribution is 7.90. The average molecular weight is 886 g/mol. The van der Waals surface area contributed by atoms with Crippen molar-refractivity contribution in [1.82, 2.24) is 25.2 Å². The number of fused-ring (bicyclic) bond motifs is 1. The Morgan fingerprint density at radius 1 is 0.887 bits per heavy atom. The maximum Gasteiger partial charge on any atom is 0.246 e. The Morgan fingerprint density at radius 3 is 2.00 bits per heavy atom. The smallest absolute Gasteiger partial charge is 0.246 e. The van der Waals surface area contributed by atoms with Crippen molar-refractivity contribution >= 4 is 34.2 Å². The van der Waals surface area contributed by atoms with Crippen molar-refractivity contribution in [3.63, 3.8) is 0 Å². The van der Waals surface area contributed by atoms with Crippen LogP contribution < -0.4 is 26.8 Å². The first kappa shape index (κ1) is 50.0. The van der Waals surface area contributed by atoms with Gasteiger partial charge in [-0.2, -0.15) is 0 Å². The van der Waals surface area contributed by atoms with E-state index >= 15 is 0 Å². The maximum absolute atomic E-state index is 14.2. The molecule has 13 nitrogen and oxygen atoms in total. The van der Waals surface area contributed by atoms with Crippen molar-refractivity contribution in [2.75, 3.05) is 19.6 Å². The molecule has 2 unspecified atom stereocenters. The van der Waals surface area contributed by atoms with Crippen LogP contribution in [-0.4, -0.2) is 97.4 Å². The largest absolute Gasteiger partial charge is 0.368 e. The molecule has 0 aromatic carbocycles. The molecule has 0 radical (unpaired) electrons. The average Bonchev–Trinajstić information content (AvgIpc) is 4.02. The summed E-state index contributed by atoms with van der Waals surface area (Å²) in [5.74, 6) is -1.01. The molecule has 7 aliphatic rings. The van der Waals surface area contributed by atoms with Crippen LogP contribution in [0.15, 0.2) is 24.9 Å². The predicted molar refractivity (Wildman–Crippen MR) is 247 cm³/mol. The molecule has 14 heteroatoms. The van der Waals surface area contributed by atoms with E-state index in [2.05, 4.69) is 61.1 Å². The van der Waals surface area contributed by atoms with Gasteiger partial charge in [-0.05, 0) is 118 Å². The van der Waals surface area contributed by atoms with E-state index in [1.807, 2.05) is 20.8 Å². The summed E-state index contributed by atoms with van der Waals surface area (Å²) in [6, 6.07) is -1.28. The van der Waals surface area contributed by atoms with Crippen LogP contribution in [-0.2, 0) is 29.2 Å². The summed E-state index contributed by atoms with van der Waals surface area (Å²) < 4.78 is 25.5. The van der Waals surface area contributed by atoms with Crippen molar-refractivity contribution in [1.29, 1.82) is 0 Å². The second-order valence-electron chi connectivity index (χ2n) is 22.4. The monoisotopic (exact) mass is 886 g/mol. The minimum Gasteiger partial charge on any atom is -0.368 e. The van der Waals surface area contributed by atoms with E-state index in [1.54, 1.807) is 11.0 Å². The van der Waals surface area contributed by atoms with Gasteiger partial charge in [0.1, 0.15) is 18.1 Å². The van der Waals surface area contributed by atoms with Gasteiger partial charge < -0.3 is 27.0 Å². The summed E-state index contributed by atoms with van der Waals surface area (Å²) in [7, 11) is -3.16. The molecule has 62 heavy (non-hydrogen) atoms. The van der Waals surface area contributed by atoms with Crippen molar-refractivity contribution < 1.29 is 27.6 Å². The van der Waals surface area contributed by atoms with E-state index in [1.165, 1.54) is 51.6 Å². The van der Waals surface area contributed by atoms with E-state index in [9.17, 15) is 27.6 Å². The fraction of sp³-hybridized carbons (Fsp3) is 0.833. The molecule has 2 aliphatic heterocycles. The second-order valence-corrected chi connectivity index (χ2v) is 24.4. The number of rotatable bonds is 15. The molecule has 352 valence electrons.